The summed E-state index contributed by atoms with van der Waals surface area (Å²) in [6.07, 6.45) is 3.38. The van der Waals surface area contributed by atoms with Gasteiger partial charge in [-0.3, -0.25) is 9.48 Å². The maximum atomic E-state index is 13.7. The third kappa shape index (κ3) is 3.21. The van der Waals surface area contributed by atoms with Crippen molar-refractivity contribution in [2.24, 2.45) is 7.05 Å². The Morgan fingerprint density at radius 3 is 2.82 bits per heavy atom. The number of aromatic nitrogens is 4. The van der Waals surface area contributed by atoms with Crippen LogP contribution in [0.2, 0.25) is 0 Å². The Bertz CT molecular complexity index is 1380. The summed E-state index contributed by atoms with van der Waals surface area (Å²) in [4.78, 5) is 26.0. The second kappa shape index (κ2) is 7.46. The van der Waals surface area contributed by atoms with Gasteiger partial charge in [0.15, 0.2) is 0 Å². The highest BCUT2D eigenvalue weighted by molar-refractivity contribution is 7.16. The van der Waals surface area contributed by atoms with Crippen LogP contribution < -0.4 is 5.32 Å². The quantitative estimate of drug-likeness (QED) is 0.487. The van der Waals surface area contributed by atoms with E-state index in [-0.39, 0.29) is 11.7 Å². The number of ether oxygens (including phenoxy) is 1. The number of carbonyl (C=O) groups excluding carboxylic acids is 1. The predicted octanol–water partition coefficient (Wildman–Crippen LogP) is 3.70. The van der Waals surface area contributed by atoms with Crippen LogP contribution in [0.3, 0.4) is 0 Å². The first-order valence-electron chi connectivity index (χ1n) is 10.4. The van der Waals surface area contributed by atoms with Crippen LogP contribution in [0, 0.1) is 5.82 Å². The van der Waals surface area contributed by atoms with E-state index in [0.29, 0.717) is 31.3 Å². The topological polar surface area (TPSA) is 85.2 Å². The molecule has 1 aromatic carbocycles. The Morgan fingerprint density at radius 2 is 2.09 bits per heavy atom. The summed E-state index contributed by atoms with van der Waals surface area (Å²) in [5.41, 5.74) is 1.64. The van der Waals surface area contributed by atoms with Crippen molar-refractivity contribution in [2.45, 2.75) is 12.1 Å². The molecule has 4 aromatic rings. The monoisotopic (exact) mass is 462 g/mol. The minimum absolute atomic E-state index is 0.0673. The van der Waals surface area contributed by atoms with Crippen molar-refractivity contribution in [1.29, 1.82) is 0 Å². The number of rotatable bonds is 5. The summed E-state index contributed by atoms with van der Waals surface area (Å²) >= 11 is 1.55. The van der Waals surface area contributed by atoms with Gasteiger partial charge in [0.25, 0.3) is 5.91 Å². The second-order valence-electron chi connectivity index (χ2n) is 8.13. The van der Waals surface area contributed by atoms with Crippen molar-refractivity contribution in [1.82, 2.24) is 24.6 Å². The number of thiophene rings is 1. The summed E-state index contributed by atoms with van der Waals surface area (Å²) in [5, 5.41) is 7.29. The number of nitrogens with zero attached hydrogens (tertiary/aromatic N) is 5. The molecule has 0 radical (unpaired) electrons. The maximum Gasteiger partial charge on any atom is 0.256 e. The molecule has 0 saturated carbocycles. The van der Waals surface area contributed by atoms with E-state index in [1.165, 1.54) is 12.1 Å². The minimum Gasteiger partial charge on any atom is -0.376 e. The average molecular weight is 463 g/mol. The molecular formula is C23H19FN6O2S. The molecule has 1 saturated heterocycles. The van der Waals surface area contributed by atoms with Crippen LogP contribution in [0.4, 0.5) is 16.2 Å². The molecule has 5 heterocycles. The van der Waals surface area contributed by atoms with Gasteiger partial charge in [-0.05, 0) is 29.8 Å². The number of benzene rings is 1. The SMILES string of the molecule is Cn1nccc1Nc1nccc(-c2cc3c(s2)C2(COC2)N(Cc2cccc(F)c2)C3=O)n1. The van der Waals surface area contributed by atoms with Gasteiger partial charge in [0.2, 0.25) is 5.95 Å². The fraction of sp³-hybridized carbons (Fsp3) is 0.217. The molecule has 2 aliphatic heterocycles. The second-order valence-corrected chi connectivity index (χ2v) is 9.18. The van der Waals surface area contributed by atoms with Crippen molar-refractivity contribution < 1.29 is 13.9 Å². The molecule has 0 unspecified atom stereocenters. The van der Waals surface area contributed by atoms with Gasteiger partial charge in [-0.15, -0.1) is 11.3 Å². The van der Waals surface area contributed by atoms with Crippen molar-refractivity contribution in [3.8, 4) is 10.6 Å². The Labute approximate surface area is 192 Å². The molecule has 1 fully saturated rings. The summed E-state index contributed by atoms with van der Waals surface area (Å²) in [6.45, 7) is 1.19. The molecule has 3 aromatic heterocycles. The lowest BCUT2D eigenvalue weighted by molar-refractivity contribution is -0.126. The van der Waals surface area contributed by atoms with Crippen LogP contribution in [0.5, 0.6) is 0 Å². The summed E-state index contributed by atoms with van der Waals surface area (Å²) < 4.78 is 20.9. The minimum atomic E-state index is -0.509. The van der Waals surface area contributed by atoms with E-state index in [1.807, 2.05) is 36.2 Å². The Balaban J connectivity index is 1.32. The number of anilines is 2. The zero-order valence-corrected chi connectivity index (χ0v) is 18.5. The van der Waals surface area contributed by atoms with Gasteiger partial charge in [-0.1, -0.05) is 12.1 Å². The number of aryl methyl sites for hydroxylation is 1. The van der Waals surface area contributed by atoms with Gasteiger partial charge < -0.3 is 15.0 Å². The Morgan fingerprint density at radius 1 is 1.21 bits per heavy atom. The van der Waals surface area contributed by atoms with E-state index >= 15 is 0 Å². The number of carbonyl (C=O) groups is 1. The maximum absolute atomic E-state index is 13.7. The molecule has 1 amide bonds. The zero-order valence-electron chi connectivity index (χ0n) is 17.7. The van der Waals surface area contributed by atoms with Crippen LogP contribution >= 0.6 is 11.3 Å². The lowest BCUT2D eigenvalue weighted by atomic mass is 9.94. The number of amides is 1. The van der Waals surface area contributed by atoms with E-state index < -0.39 is 5.54 Å². The van der Waals surface area contributed by atoms with Gasteiger partial charge >= 0.3 is 0 Å². The first-order valence-corrected chi connectivity index (χ1v) is 11.2. The number of hydrogen-bond donors (Lipinski definition) is 1. The number of fused-ring (bicyclic) bond motifs is 2. The molecule has 1 N–H and O–H groups in total. The molecule has 1 spiro atoms. The fourth-order valence-corrected chi connectivity index (χ4v) is 5.56. The number of nitrogens with one attached hydrogen (secondary N) is 1. The Hall–Kier alpha value is -3.63. The first kappa shape index (κ1) is 20.0. The van der Waals surface area contributed by atoms with Crippen molar-refractivity contribution >= 4 is 29.0 Å². The van der Waals surface area contributed by atoms with Crippen LogP contribution in [0.1, 0.15) is 20.8 Å². The lowest BCUT2D eigenvalue weighted by Crippen LogP contribution is -2.56. The molecule has 0 atom stereocenters. The van der Waals surface area contributed by atoms with Crippen molar-refractivity contribution in [3.05, 3.63) is 76.7 Å². The molecule has 2 aliphatic rings. The summed E-state index contributed by atoms with van der Waals surface area (Å²) in [7, 11) is 1.83. The van der Waals surface area contributed by atoms with Crippen LogP contribution in [-0.2, 0) is 23.9 Å². The average Bonchev–Trinajstić information content (AvgIpc) is 3.44. The molecule has 0 aliphatic carbocycles. The molecule has 10 heteroatoms. The first-order chi connectivity index (χ1) is 16.0. The third-order valence-electron chi connectivity index (χ3n) is 6.03. The predicted molar refractivity (Wildman–Crippen MR) is 121 cm³/mol. The molecule has 33 heavy (non-hydrogen) atoms. The smallest absolute Gasteiger partial charge is 0.256 e. The summed E-state index contributed by atoms with van der Waals surface area (Å²) in [6, 6.07) is 11.9. The third-order valence-corrected chi connectivity index (χ3v) is 7.38. The van der Waals surface area contributed by atoms with E-state index in [1.54, 1.807) is 34.5 Å². The zero-order chi connectivity index (χ0) is 22.6. The van der Waals surface area contributed by atoms with E-state index in [4.69, 9.17) is 4.74 Å². The van der Waals surface area contributed by atoms with Crippen LogP contribution in [-0.4, -0.2) is 43.8 Å². The molecule has 6 rings (SSSR count). The normalized spacial score (nSPS) is 16.2. The number of halogens is 1. The van der Waals surface area contributed by atoms with E-state index in [0.717, 1.165) is 26.8 Å². The molecule has 8 nitrogen and oxygen atoms in total. The van der Waals surface area contributed by atoms with Crippen LogP contribution in [0.15, 0.2) is 54.9 Å². The number of hydrogen-bond acceptors (Lipinski definition) is 7. The van der Waals surface area contributed by atoms with Crippen LogP contribution in [0.25, 0.3) is 10.6 Å². The highest BCUT2D eigenvalue weighted by atomic mass is 32.1. The molecular weight excluding hydrogens is 443 g/mol. The van der Waals surface area contributed by atoms with E-state index in [2.05, 4.69) is 20.4 Å². The molecule has 0 bridgehead atoms. The Kier molecular flexibility index (Phi) is 4.52. The standard InChI is InChI=1S/C23H19FN6O2S/c1-29-19(6-8-26-29)28-22-25-7-5-17(27-22)18-10-16-20(33-18)23(12-32-13-23)30(21(16)31)11-14-3-2-4-15(24)9-14/h2-10H,11-13H2,1H3,(H,25,27,28). The van der Waals surface area contributed by atoms with Gasteiger partial charge in [0.05, 0.1) is 35.5 Å². The van der Waals surface area contributed by atoms with Gasteiger partial charge in [0.1, 0.15) is 17.2 Å². The lowest BCUT2D eigenvalue weighted by Gasteiger charge is -2.45. The van der Waals surface area contributed by atoms with Gasteiger partial charge in [0, 0.05) is 30.7 Å². The van der Waals surface area contributed by atoms with Crippen molar-refractivity contribution in [2.75, 3.05) is 18.5 Å². The summed E-state index contributed by atoms with van der Waals surface area (Å²) in [5.74, 6) is 0.844. The van der Waals surface area contributed by atoms with Crippen molar-refractivity contribution in [3.63, 3.8) is 0 Å². The highest BCUT2D eigenvalue weighted by Gasteiger charge is 2.56. The van der Waals surface area contributed by atoms with Gasteiger partial charge in [-0.2, -0.15) is 5.10 Å². The van der Waals surface area contributed by atoms with Gasteiger partial charge in [-0.25, -0.2) is 14.4 Å². The molecule has 166 valence electrons. The van der Waals surface area contributed by atoms with E-state index in [9.17, 15) is 9.18 Å². The highest BCUT2D eigenvalue weighted by Crippen LogP contribution is 2.50. The largest absolute Gasteiger partial charge is 0.376 e. The fourth-order valence-electron chi connectivity index (χ4n) is 4.27.